The lowest BCUT2D eigenvalue weighted by atomic mass is 10.2. The second-order valence-corrected chi connectivity index (χ2v) is 5.84. The van der Waals surface area contributed by atoms with Gasteiger partial charge in [-0.05, 0) is 25.5 Å². The fourth-order valence-electron chi connectivity index (χ4n) is 1.23. The summed E-state index contributed by atoms with van der Waals surface area (Å²) < 4.78 is 31.9. The average molecular weight is 246 g/mol. The third-order valence-electron chi connectivity index (χ3n) is 2.23. The molecule has 0 spiro atoms. The number of furan rings is 1. The smallest absolute Gasteiger partial charge is 0.279 e. The van der Waals surface area contributed by atoms with Gasteiger partial charge in [-0.3, -0.25) is 0 Å². The molecule has 0 saturated carbocycles. The molecule has 0 saturated heterocycles. The fraction of sp³-hybridized carbons (Fsp3) is 0.600. The summed E-state index contributed by atoms with van der Waals surface area (Å²) in [4.78, 5) is 0. The van der Waals surface area contributed by atoms with Crippen LogP contribution in [0.15, 0.2) is 22.8 Å². The highest BCUT2D eigenvalue weighted by atomic mass is 32.2. The molecule has 92 valence electrons. The summed E-state index contributed by atoms with van der Waals surface area (Å²) in [5, 5.41) is 0. The van der Waals surface area contributed by atoms with E-state index in [2.05, 4.69) is 4.72 Å². The van der Waals surface area contributed by atoms with E-state index in [0.717, 1.165) is 16.5 Å². The number of nitrogens with zero attached hydrogens (tertiary/aromatic N) is 1. The van der Waals surface area contributed by atoms with Gasteiger partial charge in [-0.2, -0.15) is 17.4 Å². The SMILES string of the molecule is C[C@@H](CCc1ccco1)NS(=O)(=O)N(C)C. The first kappa shape index (κ1) is 13.2. The number of hydrogen-bond donors (Lipinski definition) is 1. The predicted molar refractivity (Wildman–Crippen MR) is 62.2 cm³/mol. The van der Waals surface area contributed by atoms with E-state index in [-0.39, 0.29) is 6.04 Å². The van der Waals surface area contributed by atoms with Crippen LogP contribution >= 0.6 is 0 Å². The van der Waals surface area contributed by atoms with Gasteiger partial charge in [0.05, 0.1) is 6.26 Å². The molecular formula is C10H18N2O3S. The first-order valence-corrected chi connectivity index (χ1v) is 6.58. The molecule has 1 aromatic rings. The molecule has 1 atom stereocenters. The van der Waals surface area contributed by atoms with Crippen LogP contribution in [0.25, 0.3) is 0 Å². The largest absolute Gasteiger partial charge is 0.469 e. The van der Waals surface area contributed by atoms with Crippen molar-refractivity contribution in [2.45, 2.75) is 25.8 Å². The zero-order valence-corrected chi connectivity index (χ0v) is 10.6. The van der Waals surface area contributed by atoms with Crippen LogP contribution in [-0.2, 0) is 16.6 Å². The molecule has 5 nitrogen and oxygen atoms in total. The number of rotatable bonds is 6. The van der Waals surface area contributed by atoms with E-state index in [1.807, 2.05) is 19.1 Å². The van der Waals surface area contributed by atoms with Gasteiger partial charge in [0.1, 0.15) is 5.76 Å². The molecule has 16 heavy (non-hydrogen) atoms. The first-order valence-electron chi connectivity index (χ1n) is 5.14. The molecule has 0 aliphatic carbocycles. The standard InChI is InChI=1S/C10H18N2O3S/c1-9(11-16(13,14)12(2)3)6-7-10-5-4-8-15-10/h4-5,8-9,11H,6-7H2,1-3H3/t9-/m0/s1. The van der Waals surface area contributed by atoms with Crippen LogP contribution in [0.2, 0.25) is 0 Å². The van der Waals surface area contributed by atoms with Crippen LogP contribution in [0.5, 0.6) is 0 Å². The maximum absolute atomic E-state index is 11.5. The molecule has 0 fully saturated rings. The Labute approximate surface area is 96.6 Å². The summed E-state index contributed by atoms with van der Waals surface area (Å²) in [5.41, 5.74) is 0. The van der Waals surface area contributed by atoms with Crippen molar-refractivity contribution < 1.29 is 12.8 Å². The molecule has 0 bridgehead atoms. The van der Waals surface area contributed by atoms with Gasteiger partial charge < -0.3 is 4.42 Å². The molecular weight excluding hydrogens is 228 g/mol. The summed E-state index contributed by atoms with van der Waals surface area (Å²) >= 11 is 0. The Morgan fingerprint density at radius 2 is 2.19 bits per heavy atom. The van der Waals surface area contributed by atoms with E-state index >= 15 is 0 Å². The second-order valence-electron chi connectivity index (χ2n) is 3.92. The molecule has 0 aromatic carbocycles. The Morgan fingerprint density at radius 3 is 2.69 bits per heavy atom. The van der Waals surface area contributed by atoms with E-state index in [9.17, 15) is 8.42 Å². The summed E-state index contributed by atoms with van der Waals surface area (Å²) in [6.45, 7) is 1.84. The lowest BCUT2D eigenvalue weighted by molar-refractivity contribution is 0.464. The number of aryl methyl sites for hydroxylation is 1. The molecule has 1 N–H and O–H groups in total. The average Bonchev–Trinajstić information content (AvgIpc) is 2.66. The van der Waals surface area contributed by atoms with Gasteiger partial charge in [0, 0.05) is 26.6 Å². The van der Waals surface area contributed by atoms with Crippen molar-refractivity contribution in [1.82, 2.24) is 9.03 Å². The molecule has 0 radical (unpaired) electrons. The summed E-state index contributed by atoms with van der Waals surface area (Å²) in [5.74, 6) is 0.871. The van der Waals surface area contributed by atoms with E-state index in [1.165, 1.54) is 14.1 Å². The minimum Gasteiger partial charge on any atom is -0.469 e. The van der Waals surface area contributed by atoms with E-state index < -0.39 is 10.2 Å². The Kier molecular flexibility index (Phi) is 4.52. The zero-order chi connectivity index (χ0) is 12.2. The summed E-state index contributed by atoms with van der Waals surface area (Å²) in [6.07, 6.45) is 3.05. The molecule has 1 rings (SSSR count). The highest BCUT2D eigenvalue weighted by Crippen LogP contribution is 2.06. The lowest BCUT2D eigenvalue weighted by Crippen LogP contribution is -2.40. The van der Waals surface area contributed by atoms with E-state index in [0.29, 0.717) is 6.42 Å². The maximum Gasteiger partial charge on any atom is 0.279 e. The van der Waals surface area contributed by atoms with Crippen LogP contribution in [0.4, 0.5) is 0 Å². The van der Waals surface area contributed by atoms with Crippen LogP contribution < -0.4 is 4.72 Å². The third kappa shape index (κ3) is 3.96. The topological polar surface area (TPSA) is 62.6 Å². The Hall–Kier alpha value is -0.850. The normalized spacial score (nSPS) is 14.2. The van der Waals surface area contributed by atoms with Crippen molar-refractivity contribution in [3.8, 4) is 0 Å². The quantitative estimate of drug-likeness (QED) is 0.814. The Balaban J connectivity index is 2.39. The molecule has 0 aliphatic heterocycles. The molecule has 6 heteroatoms. The van der Waals surface area contributed by atoms with Crippen molar-refractivity contribution in [2.24, 2.45) is 0 Å². The van der Waals surface area contributed by atoms with Gasteiger partial charge in [-0.1, -0.05) is 0 Å². The number of nitrogens with one attached hydrogen (secondary N) is 1. The molecule has 0 unspecified atom stereocenters. The van der Waals surface area contributed by atoms with Gasteiger partial charge in [-0.25, -0.2) is 0 Å². The fourth-order valence-corrected chi connectivity index (χ4v) is 2.07. The van der Waals surface area contributed by atoms with Crippen LogP contribution in [0, 0.1) is 0 Å². The molecule has 0 aliphatic rings. The summed E-state index contributed by atoms with van der Waals surface area (Å²) in [7, 11) is -0.333. The molecule has 0 amide bonds. The van der Waals surface area contributed by atoms with Gasteiger partial charge in [0.15, 0.2) is 0 Å². The van der Waals surface area contributed by atoms with E-state index in [1.54, 1.807) is 6.26 Å². The number of hydrogen-bond acceptors (Lipinski definition) is 3. The summed E-state index contributed by atoms with van der Waals surface area (Å²) in [6, 6.07) is 3.59. The Bertz CT molecular complexity index is 398. The minimum absolute atomic E-state index is 0.113. The van der Waals surface area contributed by atoms with Gasteiger partial charge >= 0.3 is 0 Å². The van der Waals surface area contributed by atoms with Crippen LogP contribution in [-0.4, -0.2) is 32.9 Å². The van der Waals surface area contributed by atoms with Gasteiger partial charge in [0.25, 0.3) is 10.2 Å². The highest BCUT2D eigenvalue weighted by Gasteiger charge is 2.16. The molecule has 1 heterocycles. The third-order valence-corrected chi connectivity index (χ3v) is 3.90. The van der Waals surface area contributed by atoms with Crippen molar-refractivity contribution in [3.05, 3.63) is 24.2 Å². The van der Waals surface area contributed by atoms with Crippen molar-refractivity contribution in [3.63, 3.8) is 0 Å². The van der Waals surface area contributed by atoms with Crippen molar-refractivity contribution >= 4 is 10.2 Å². The minimum atomic E-state index is -3.34. The molecule has 1 aromatic heterocycles. The first-order chi connectivity index (χ1) is 7.42. The lowest BCUT2D eigenvalue weighted by Gasteiger charge is -2.17. The second kappa shape index (κ2) is 5.47. The zero-order valence-electron chi connectivity index (χ0n) is 9.80. The highest BCUT2D eigenvalue weighted by molar-refractivity contribution is 7.87. The van der Waals surface area contributed by atoms with Crippen molar-refractivity contribution in [1.29, 1.82) is 0 Å². The monoisotopic (exact) mass is 246 g/mol. The van der Waals surface area contributed by atoms with Gasteiger partial charge in [-0.15, -0.1) is 0 Å². The van der Waals surface area contributed by atoms with Crippen LogP contribution in [0.3, 0.4) is 0 Å². The van der Waals surface area contributed by atoms with Crippen molar-refractivity contribution in [2.75, 3.05) is 14.1 Å². The maximum atomic E-state index is 11.5. The Morgan fingerprint density at radius 1 is 1.50 bits per heavy atom. The predicted octanol–water partition coefficient (Wildman–Crippen LogP) is 0.997. The van der Waals surface area contributed by atoms with Crippen LogP contribution in [0.1, 0.15) is 19.1 Å². The van der Waals surface area contributed by atoms with Gasteiger partial charge in [0.2, 0.25) is 0 Å². The van der Waals surface area contributed by atoms with E-state index in [4.69, 9.17) is 4.42 Å².